The van der Waals surface area contributed by atoms with Crippen LogP contribution >= 0.6 is 0 Å². The van der Waals surface area contributed by atoms with Crippen LogP contribution < -0.4 is 4.74 Å². The van der Waals surface area contributed by atoms with Crippen molar-refractivity contribution >= 4 is 12.1 Å². The Morgan fingerprint density at radius 2 is 1.93 bits per heavy atom. The van der Waals surface area contributed by atoms with Gasteiger partial charge in [-0.15, -0.1) is 0 Å². The zero-order valence-corrected chi connectivity index (χ0v) is 17.0. The van der Waals surface area contributed by atoms with Crippen molar-refractivity contribution in [3.8, 4) is 5.75 Å². The molecule has 2 heterocycles. The van der Waals surface area contributed by atoms with Crippen molar-refractivity contribution in [1.82, 2.24) is 4.90 Å². The van der Waals surface area contributed by atoms with E-state index in [1.807, 2.05) is 20.8 Å². The lowest BCUT2D eigenvalue weighted by Gasteiger charge is -2.27. The van der Waals surface area contributed by atoms with Crippen molar-refractivity contribution in [2.45, 2.75) is 57.3 Å². The highest BCUT2D eigenvalue weighted by atomic mass is 16.6. The van der Waals surface area contributed by atoms with Gasteiger partial charge in [-0.2, -0.15) is 0 Å². The van der Waals surface area contributed by atoms with Gasteiger partial charge in [0.05, 0.1) is 30.9 Å². The van der Waals surface area contributed by atoms with Gasteiger partial charge in [-0.25, -0.2) is 9.59 Å². The maximum atomic E-state index is 12.3. The van der Waals surface area contributed by atoms with Crippen LogP contribution in [0.2, 0.25) is 0 Å². The number of carbonyl (C=O) groups excluding carboxylic acids is 2. The molecule has 1 aromatic carbocycles. The molecule has 3 rings (SSSR count). The lowest BCUT2D eigenvalue weighted by atomic mass is 9.99. The summed E-state index contributed by atoms with van der Waals surface area (Å²) in [6, 6.07) is 6.80. The summed E-state index contributed by atoms with van der Waals surface area (Å²) >= 11 is 0. The van der Waals surface area contributed by atoms with Gasteiger partial charge < -0.3 is 23.8 Å². The van der Waals surface area contributed by atoms with Gasteiger partial charge in [0.2, 0.25) is 0 Å². The van der Waals surface area contributed by atoms with Crippen LogP contribution in [-0.4, -0.2) is 61.1 Å². The Morgan fingerprint density at radius 3 is 2.57 bits per heavy atom. The minimum absolute atomic E-state index is 0.152. The Hall–Kier alpha value is -2.28. The number of nitrogens with zero attached hydrogens (tertiary/aromatic N) is 1. The van der Waals surface area contributed by atoms with E-state index in [0.717, 1.165) is 19.3 Å². The van der Waals surface area contributed by atoms with Crippen molar-refractivity contribution in [2.24, 2.45) is 0 Å². The molecule has 7 nitrogen and oxygen atoms in total. The Kier molecular flexibility index (Phi) is 5.84. The number of esters is 1. The normalized spacial score (nSPS) is 24.4. The summed E-state index contributed by atoms with van der Waals surface area (Å²) in [7, 11) is 1.58. The molecule has 0 saturated carbocycles. The monoisotopic (exact) mass is 391 g/mol. The summed E-state index contributed by atoms with van der Waals surface area (Å²) in [6.45, 7) is 6.92. The molecule has 2 fully saturated rings. The van der Waals surface area contributed by atoms with Crippen molar-refractivity contribution in [2.75, 3.05) is 26.8 Å². The van der Waals surface area contributed by atoms with E-state index in [1.54, 1.807) is 36.3 Å². The summed E-state index contributed by atoms with van der Waals surface area (Å²) in [5.74, 6) is 0.308. The lowest BCUT2D eigenvalue weighted by Crippen LogP contribution is -2.39. The van der Waals surface area contributed by atoms with E-state index in [1.165, 1.54) is 0 Å². The molecule has 7 heteroatoms. The Bertz CT molecular complexity index is 711. The fraction of sp³-hybridized carbons (Fsp3) is 0.619. The van der Waals surface area contributed by atoms with Crippen molar-refractivity contribution in [3.63, 3.8) is 0 Å². The van der Waals surface area contributed by atoms with Crippen molar-refractivity contribution in [1.29, 1.82) is 0 Å². The first-order valence-corrected chi connectivity index (χ1v) is 9.67. The quantitative estimate of drug-likeness (QED) is 0.733. The molecule has 28 heavy (non-hydrogen) atoms. The molecule has 1 amide bonds. The maximum Gasteiger partial charge on any atom is 0.410 e. The molecule has 0 bridgehead atoms. The topological polar surface area (TPSA) is 74.3 Å². The lowest BCUT2D eigenvalue weighted by molar-refractivity contribution is -0.0583. The largest absolute Gasteiger partial charge is 0.497 e. The van der Waals surface area contributed by atoms with Crippen LogP contribution in [0.1, 0.15) is 50.4 Å². The van der Waals surface area contributed by atoms with Gasteiger partial charge in [-0.3, -0.25) is 0 Å². The molecule has 2 aliphatic heterocycles. The smallest absolute Gasteiger partial charge is 0.410 e. The molecule has 0 aromatic heterocycles. The predicted octanol–water partition coefficient (Wildman–Crippen LogP) is 3.41. The summed E-state index contributed by atoms with van der Waals surface area (Å²) in [5.41, 5.74) is -0.388. The zero-order valence-electron chi connectivity index (χ0n) is 17.0. The van der Waals surface area contributed by atoms with Crippen LogP contribution in [-0.2, 0) is 14.2 Å². The van der Waals surface area contributed by atoms with Crippen LogP contribution in [0.3, 0.4) is 0 Å². The third-order valence-corrected chi connectivity index (χ3v) is 5.03. The molecule has 0 radical (unpaired) electrons. The van der Waals surface area contributed by atoms with Gasteiger partial charge in [-0.1, -0.05) is 0 Å². The number of carbonyl (C=O) groups is 2. The minimum atomic E-state index is -0.512. The number of hydrogen-bond donors (Lipinski definition) is 0. The zero-order chi connectivity index (χ0) is 20.4. The number of likely N-dealkylation sites (tertiary alicyclic amines) is 1. The molecular formula is C21H29NO6. The van der Waals surface area contributed by atoms with Crippen LogP contribution in [0.4, 0.5) is 4.79 Å². The molecule has 0 aliphatic carbocycles. The molecular weight excluding hydrogens is 362 g/mol. The van der Waals surface area contributed by atoms with Gasteiger partial charge in [0.1, 0.15) is 18.0 Å². The van der Waals surface area contributed by atoms with E-state index < -0.39 is 5.60 Å². The molecule has 1 aromatic rings. The molecule has 2 atom stereocenters. The Balaban J connectivity index is 1.47. The first kappa shape index (κ1) is 20.5. The summed E-state index contributed by atoms with van der Waals surface area (Å²) in [5, 5.41) is 0. The van der Waals surface area contributed by atoms with Crippen LogP contribution in [0.25, 0.3) is 0 Å². The van der Waals surface area contributed by atoms with Crippen molar-refractivity contribution < 1.29 is 28.5 Å². The van der Waals surface area contributed by atoms with Gasteiger partial charge in [0.15, 0.2) is 0 Å². The number of rotatable bonds is 4. The van der Waals surface area contributed by atoms with E-state index in [2.05, 4.69) is 0 Å². The number of methoxy groups -OCH3 is 1. The predicted molar refractivity (Wildman–Crippen MR) is 103 cm³/mol. The van der Waals surface area contributed by atoms with Gasteiger partial charge in [0.25, 0.3) is 0 Å². The number of ether oxygens (including phenoxy) is 4. The third kappa shape index (κ3) is 4.95. The van der Waals surface area contributed by atoms with E-state index in [0.29, 0.717) is 24.4 Å². The van der Waals surface area contributed by atoms with E-state index in [9.17, 15) is 9.59 Å². The van der Waals surface area contributed by atoms with Crippen LogP contribution in [0.5, 0.6) is 5.75 Å². The van der Waals surface area contributed by atoms with E-state index in [4.69, 9.17) is 18.9 Å². The minimum Gasteiger partial charge on any atom is -0.497 e. The highest BCUT2D eigenvalue weighted by Crippen LogP contribution is 2.38. The highest BCUT2D eigenvalue weighted by molar-refractivity contribution is 5.89. The van der Waals surface area contributed by atoms with Crippen LogP contribution in [0, 0.1) is 0 Å². The average molecular weight is 391 g/mol. The maximum absolute atomic E-state index is 12.3. The first-order valence-electron chi connectivity index (χ1n) is 9.67. The summed E-state index contributed by atoms with van der Waals surface area (Å²) < 4.78 is 22.2. The summed E-state index contributed by atoms with van der Waals surface area (Å²) in [4.78, 5) is 26.2. The molecule has 1 spiro atoms. The van der Waals surface area contributed by atoms with Gasteiger partial charge >= 0.3 is 12.1 Å². The SMILES string of the molecule is COc1ccc(C(=O)OC[C@@H]2CC[C@@]3(CCN(C(=O)OC(C)(C)C)C3)O2)cc1. The van der Waals surface area contributed by atoms with E-state index in [-0.39, 0.29) is 30.4 Å². The van der Waals surface area contributed by atoms with Crippen LogP contribution in [0.15, 0.2) is 24.3 Å². The number of benzene rings is 1. The van der Waals surface area contributed by atoms with Gasteiger partial charge in [0, 0.05) is 6.54 Å². The number of hydrogen-bond acceptors (Lipinski definition) is 6. The standard InChI is InChI=1S/C21H29NO6/c1-20(2,3)28-19(24)22-12-11-21(14-22)10-9-17(27-21)13-26-18(23)15-5-7-16(25-4)8-6-15/h5-8,17H,9-14H2,1-4H3/t17-,21-/m0/s1. The molecule has 2 aliphatic rings. The fourth-order valence-electron chi connectivity index (χ4n) is 3.62. The second-order valence-electron chi connectivity index (χ2n) is 8.44. The fourth-order valence-corrected chi connectivity index (χ4v) is 3.62. The highest BCUT2D eigenvalue weighted by Gasteiger charge is 2.47. The Labute approximate surface area is 165 Å². The average Bonchev–Trinajstić information content (AvgIpc) is 3.25. The van der Waals surface area contributed by atoms with Crippen molar-refractivity contribution in [3.05, 3.63) is 29.8 Å². The second-order valence-corrected chi connectivity index (χ2v) is 8.44. The first-order chi connectivity index (χ1) is 13.2. The van der Waals surface area contributed by atoms with Gasteiger partial charge in [-0.05, 0) is 64.3 Å². The molecule has 2 saturated heterocycles. The second kappa shape index (κ2) is 7.99. The summed E-state index contributed by atoms with van der Waals surface area (Å²) in [6.07, 6.45) is 1.97. The number of amides is 1. The van der Waals surface area contributed by atoms with E-state index >= 15 is 0 Å². The molecule has 0 unspecified atom stereocenters. The molecule has 154 valence electrons. The Morgan fingerprint density at radius 1 is 1.21 bits per heavy atom. The molecule has 0 N–H and O–H groups in total. The third-order valence-electron chi connectivity index (χ3n) is 5.03.